The van der Waals surface area contributed by atoms with Crippen molar-refractivity contribution in [1.82, 2.24) is 14.5 Å². The molecule has 0 spiro atoms. The minimum absolute atomic E-state index is 0.284. The summed E-state index contributed by atoms with van der Waals surface area (Å²) in [7, 11) is 1.73. The summed E-state index contributed by atoms with van der Waals surface area (Å²) in [5, 5.41) is 3.46. The maximum atomic E-state index is 5.18. The van der Waals surface area contributed by atoms with Crippen molar-refractivity contribution in [2.75, 3.05) is 38.7 Å². The highest BCUT2D eigenvalue weighted by atomic mass is 16.5. The largest absolute Gasteiger partial charge is 0.383 e. The molecule has 2 bridgehead atoms. The quantitative estimate of drug-likeness (QED) is 0.877. The van der Waals surface area contributed by atoms with Crippen molar-refractivity contribution >= 4 is 5.95 Å². The molecule has 0 aliphatic carbocycles. The monoisotopic (exact) mass is 264 g/mol. The Morgan fingerprint density at radius 1 is 1.47 bits per heavy atom. The Morgan fingerprint density at radius 3 is 2.89 bits per heavy atom. The summed E-state index contributed by atoms with van der Waals surface area (Å²) in [4.78, 5) is 7.05. The van der Waals surface area contributed by atoms with Gasteiger partial charge in [0.2, 0.25) is 5.95 Å². The molecule has 0 saturated carbocycles. The van der Waals surface area contributed by atoms with E-state index in [2.05, 4.69) is 32.9 Å². The molecule has 1 N–H and O–H groups in total. The number of anilines is 1. The highest BCUT2D eigenvalue weighted by Crippen LogP contribution is 2.36. The first kappa shape index (κ1) is 12.9. The Bertz CT molecular complexity index is 411. The molecule has 2 atom stereocenters. The smallest absolute Gasteiger partial charge is 0.203 e. The van der Waals surface area contributed by atoms with Gasteiger partial charge < -0.3 is 19.5 Å². The number of nitrogens with one attached hydrogen (secondary N) is 1. The number of aromatic nitrogens is 2. The molecular formula is C14H24N4O. The molecule has 3 saturated heterocycles. The standard InChI is InChI=1S/C14H24N4O/c1-11(10-19-2)16-14-15-5-8-18(14)13-9-17-6-3-12(13)4-7-17/h5,8,11-13H,3-4,6-7,9-10H2,1-2H3,(H,15,16). The number of hydrogen-bond donors (Lipinski definition) is 1. The molecule has 5 nitrogen and oxygen atoms in total. The Balaban J connectivity index is 1.73. The van der Waals surface area contributed by atoms with Crippen LogP contribution in [-0.4, -0.2) is 53.8 Å². The van der Waals surface area contributed by atoms with Crippen molar-refractivity contribution < 1.29 is 4.74 Å². The van der Waals surface area contributed by atoms with E-state index >= 15 is 0 Å². The van der Waals surface area contributed by atoms with Crippen LogP contribution in [0.3, 0.4) is 0 Å². The minimum atomic E-state index is 0.284. The van der Waals surface area contributed by atoms with Crippen molar-refractivity contribution in [3.8, 4) is 0 Å². The van der Waals surface area contributed by atoms with Crippen LogP contribution in [0.2, 0.25) is 0 Å². The van der Waals surface area contributed by atoms with Crippen LogP contribution in [0.4, 0.5) is 5.95 Å². The molecule has 19 heavy (non-hydrogen) atoms. The summed E-state index contributed by atoms with van der Waals surface area (Å²) >= 11 is 0. The van der Waals surface area contributed by atoms with E-state index in [0.29, 0.717) is 12.6 Å². The summed E-state index contributed by atoms with van der Waals surface area (Å²) in [5.74, 6) is 1.81. The van der Waals surface area contributed by atoms with Gasteiger partial charge in [-0.25, -0.2) is 4.98 Å². The molecule has 1 aromatic rings. The first-order chi connectivity index (χ1) is 9.28. The van der Waals surface area contributed by atoms with Gasteiger partial charge in [0, 0.05) is 32.1 Å². The molecule has 3 fully saturated rings. The van der Waals surface area contributed by atoms with Gasteiger partial charge in [0.05, 0.1) is 12.6 Å². The summed E-state index contributed by atoms with van der Waals surface area (Å²) in [6.07, 6.45) is 6.68. The van der Waals surface area contributed by atoms with Gasteiger partial charge in [-0.2, -0.15) is 0 Å². The van der Waals surface area contributed by atoms with Crippen molar-refractivity contribution in [2.45, 2.75) is 31.8 Å². The number of rotatable bonds is 5. The third-order valence-corrected chi connectivity index (χ3v) is 4.44. The number of piperidine rings is 3. The molecule has 1 aromatic heterocycles. The van der Waals surface area contributed by atoms with Gasteiger partial charge in [0.1, 0.15) is 0 Å². The van der Waals surface area contributed by atoms with E-state index in [1.165, 1.54) is 32.5 Å². The number of methoxy groups -OCH3 is 1. The summed E-state index contributed by atoms with van der Waals surface area (Å²) in [5.41, 5.74) is 0. The van der Waals surface area contributed by atoms with E-state index in [1.54, 1.807) is 7.11 Å². The molecule has 0 amide bonds. The van der Waals surface area contributed by atoms with E-state index in [0.717, 1.165) is 11.9 Å². The van der Waals surface area contributed by atoms with Crippen LogP contribution in [0.15, 0.2) is 12.4 Å². The molecule has 0 radical (unpaired) electrons. The van der Waals surface area contributed by atoms with Crippen LogP contribution < -0.4 is 5.32 Å². The lowest BCUT2D eigenvalue weighted by molar-refractivity contribution is 0.0578. The van der Waals surface area contributed by atoms with Crippen molar-refractivity contribution in [3.05, 3.63) is 12.4 Å². The van der Waals surface area contributed by atoms with E-state index in [1.807, 2.05) is 6.20 Å². The molecule has 106 valence electrons. The first-order valence-corrected chi connectivity index (χ1v) is 7.28. The predicted molar refractivity (Wildman–Crippen MR) is 75.4 cm³/mol. The highest BCUT2D eigenvalue weighted by molar-refractivity contribution is 5.28. The highest BCUT2D eigenvalue weighted by Gasteiger charge is 2.35. The molecular weight excluding hydrogens is 240 g/mol. The number of ether oxygens (including phenoxy) is 1. The molecule has 4 rings (SSSR count). The van der Waals surface area contributed by atoms with Gasteiger partial charge in [-0.3, -0.25) is 0 Å². The third kappa shape index (κ3) is 2.62. The summed E-state index contributed by atoms with van der Waals surface area (Å²) in [6, 6.07) is 0.870. The van der Waals surface area contributed by atoms with E-state index in [-0.39, 0.29) is 6.04 Å². The summed E-state index contributed by atoms with van der Waals surface area (Å²) in [6.45, 7) is 6.55. The average Bonchev–Trinajstić information content (AvgIpc) is 2.88. The van der Waals surface area contributed by atoms with Crippen molar-refractivity contribution in [2.24, 2.45) is 5.92 Å². The molecule has 3 aliphatic heterocycles. The van der Waals surface area contributed by atoms with Gasteiger partial charge in [0.15, 0.2) is 0 Å². The number of nitrogens with zero attached hydrogens (tertiary/aromatic N) is 3. The Labute approximate surface area is 114 Å². The van der Waals surface area contributed by atoms with Crippen molar-refractivity contribution in [1.29, 1.82) is 0 Å². The lowest BCUT2D eigenvalue weighted by atomic mass is 9.84. The van der Waals surface area contributed by atoms with Crippen LogP contribution in [0.1, 0.15) is 25.8 Å². The predicted octanol–water partition coefficient (Wildman–Crippen LogP) is 1.60. The fourth-order valence-corrected chi connectivity index (χ4v) is 3.45. The minimum Gasteiger partial charge on any atom is -0.383 e. The Kier molecular flexibility index (Phi) is 3.75. The molecule has 0 aromatic carbocycles. The maximum Gasteiger partial charge on any atom is 0.203 e. The fraction of sp³-hybridized carbons (Fsp3) is 0.786. The number of imidazole rings is 1. The molecule has 5 heteroatoms. The van der Waals surface area contributed by atoms with E-state index < -0.39 is 0 Å². The second kappa shape index (κ2) is 5.51. The normalized spacial score (nSPS) is 31.4. The maximum absolute atomic E-state index is 5.18. The van der Waals surface area contributed by atoms with Gasteiger partial charge in [0.25, 0.3) is 0 Å². The number of hydrogen-bond acceptors (Lipinski definition) is 4. The SMILES string of the molecule is COCC(C)Nc1nccn1C1CN2CCC1CC2. The second-order valence-corrected chi connectivity index (χ2v) is 5.86. The lowest BCUT2D eigenvalue weighted by Crippen LogP contribution is -2.48. The lowest BCUT2D eigenvalue weighted by Gasteiger charge is -2.45. The van der Waals surface area contributed by atoms with Crippen LogP contribution in [-0.2, 0) is 4.74 Å². The molecule has 2 unspecified atom stereocenters. The van der Waals surface area contributed by atoms with Crippen molar-refractivity contribution in [3.63, 3.8) is 0 Å². The Hall–Kier alpha value is -1.07. The topological polar surface area (TPSA) is 42.3 Å². The van der Waals surface area contributed by atoms with Gasteiger partial charge in [-0.1, -0.05) is 0 Å². The van der Waals surface area contributed by atoms with E-state index in [9.17, 15) is 0 Å². The molecule has 3 aliphatic rings. The first-order valence-electron chi connectivity index (χ1n) is 7.28. The molecule has 4 heterocycles. The van der Waals surface area contributed by atoms with Crippen LogP contribution in [0, 0.1) is 5.92 Å². The van der Waals surface area contributed by atoms with Gasteiger partial charge in [-0.05, 0) is 38.8 Å². The zero-order valence-electron chi connectivity index (χ0n) is 11.9. The fourth-order valence-electron chi connectivity index (χ4n) is 3.45. The zero-order chi connectivity index (χ0) is 13.2. The van der Waals surface area contributed by atoms with Crippen LogP contribution >= 0.6 is 0 Å². The zero-order valence-corrected chi connectivity index (χ0v) is 11.9. The third-order valence-electron chi connectivity index (χ3n) is 4.44. The van der Waals surface area contributed by atoms with Gasteiger partial charge in [-0.15, -0.1) is 0 Å². The van der Waals surface area contributed by atoms with E-state index in [4.69, 9.17) is 4.74 Å². The van der Waals surface area contributed by atoms with Crippen LogP contribution in [0.25, 0.3) is 0 Å². The number of fused-ring (bicyclic) bond motifs is 3. The van der Waals surface area contributed by atoms with Crippen LogP contribution in [0.5, 0.6) is 0 Å². The average molecular weight is 264 g/mol. The van der Waals surface area contributed by atoms with Gasteiger partial charge >= 0.3 is 0 Å². The second-order valence-electron chi connectivity index (χ2n) is 5.86. The Morgan fingerprint density at radius 2 is 2.26 bits per heavy atom. The summed E-state index contributed by atoms with van der Waals surface area (Å²) < 4.78 is 7.51.